The van der Waals surface area contributed by atoms with Crippen molar-refractivity contribution < 1.29 is 0 Å². The molecule has 0 spiro atoms. The van der Waals surface area contributed by atoms with Crippen LogP contribution in [0, 0.1) is 18.3 Å². The van der Waals surface area contributed by atoms with Crippen molar-refractivity contribution in [1.82, 2.24) is 9.55 Å². The predicted molar refractivity (Wildman–Crippen MR) is 79.9 cm³/mol. The zero-order chi connectivity index (χ0) is 14.3. The van der Waals surface area contributed by atoms with Crippen molar-refractivity contribution in [3.05, 3.63) is 52.5 Å². The number of nitrogens with zero attached hydrogens (tertiary/aromatic N) is 3. The number of aromatic nitrogens is 2. The SMILES string of the molecule is Cc1ccc2nc(N)n(-c3cc(C#N)ccc3Cl)c2c1. The Morgan fingerprint density at radius 2 is 2.05 bits per heavy atom. The van der Waals surface area contributed by atoms with E-state index in [-0.39, 0.29) is 0 Å². The van der Waals surface area contributed by atoms with Crippen molar-refractivity contribution in [3.63, 3.8) is 0 Å². The van der Waals surface area contributed by atoms with E-state index in [2.05, 4.69) is 11.1 Å². The standard InChI is InChI=1S/C15H11ClN4/c1-9-2-5-12-14(6-9)20(15(18)19-12)13-7-10(8-17)3-4-11(13)16/h2-7H,1H3,(H2,18,19). The number of nitrogens with two attached hydrogens (primary N) is 1. The summed E-state index contributed by atoms with van der Waals surface area (Å²) in [4.78, 5) is 4.33. The number of rotatable bonds is 1. The van der Waals surface area contributed by atoms with Crippen LogP contribution in [0.4, 0.5) is 5.95 Å². The average molecular weight is 283 g/mol. The zero-order valence-corrected chi connectivity index (χ0v) is 11.5. The van der Waals surface area contributed by atoms with Gasteiger partial charge in [-0.05, 0) is 42.8 Å². The Labute approximate surface area is 121 Å². The van der Waals surface area contributed by atoms with Crippen molar-refractivity contribution in [2.45, 2.75) is 6.92 Å². The summed E-state index contributed by atoms with van der Waals surface area (Å²) in [5, 5.41) is 9.55. The minimum Gasteiger partial charge on any atom is -0.369 e. The molecule has 0 fully saturated rings. The summed E-state index contributed by atoms with van der Waals surface area (Å²) in [7, 11) is 0. The molecule has 0 saturated heterocycles. The Bertz CT molecular complexity index is 858. The average Bonchev–Trinajstić information content (AvgIpc) is 2.75. The third-order valence-corrected chi connectivity index (χ3v) is 3.47. The molecule has 1 heterocycles. The summed E-state index contributed by atoms with van der Waals surface area (Å²) >= 11 is 6.24. The molecule has 2 N–H and O–H groups in total. The normalized spacial score (nSPS) is 10.7. The molecule has 2 aromatic carbocycles. The molecule has 0 unspecified atom stereocenters. The van der Waals surface area contributed by atoms with Crippen molar-refractivity contribution >= 4 is 28.6 Å². The van der Waals surface area contributed by atoms with Gasteiger partial charge in [-0.1, -0.05) is 17.7 Å². The van der Waals surface area contributed by atoms with E-state index in [1.165, 1.54) is 0 Å². The van der Waals surface area contributed by atoms with Crippen molar-refractivity contribution in [3.8, 4) is 11.8 Å². The molecule has 0 atom stereocenters. The number of aryl methyl sites for hydroxylation is 1. The van der Waals surface area contributed by atoms with Gasteiger partial charge < -0.3 is 5.73 Å². The Morgan fingerprint density at radius 1 is 1.25 bits per heavy atom. The first-order chi connectivity index (χ1) is 9.60. The number of imidazole rings is 1. The molecule has 3 aromatic rings. The molecule has 0 bridgehead atoms. The van der Waals surface area contributed by atoms with Gasteiger partial charge in [0.25, 0.3) is 0 Å². The highest BCUT2D eigenvalue weighted by atomic mass is 35.5. The number of nitrogen functional groups attached to an aromatic ring is 1. The topological polar surface area (TPSA) is 67.6 Å². The Kier molecular flexibility index (Phi) is 2.85. The molecule has 3 rings (SSSR count). The molecular formula is C15H11ClN4. The van der Waals surface area contributed by atoms with Crippen molar-refractivity contribution in [2.75, 3.05) is 5.73 Å². The highest BCUT2D eigenvalue weighted by molar-refractivity contribution is 6.32. The van der Waals surface area contributed by atoms with Gasteiger partial charge in [0, 0.05) is 0 Å². The fourth-order valence-electron chi connectivity index (χ4n) is 2.21. The number of anilines is 1. The van der Waals surface area contributed by atoms with Crippen LogP contribution in [0.2, 0.25) is 5.02 Å². The second kappa shape index (κ2) is 4.55. The van der Waals surface area contributed by atoms with Crippen LogP contribution in [0.1, 0.15) is 11.1 Å². The number of hydrogen-bond donors (Lipinski definition) is 1. The van der Waals surface area contributed by atoms with Crippen LogP contribution in [-0.2, 0) is 0 Å². The number of benzene rings is 2. The molecular weight excluding hydrogens is 272 g/mol. The van der Waals surface area contributed by atoms with Gasteiger partial charge in [-0.3, -0.25) is 4.57 Å². The van der Waals surface area contributed by atoms with Gasteiger partial charge in [-0.25, -0.2) is 4.98 Å². The Balaban J connectivity index is 2.37. The quantitative estimate of drug-likeness (QED) is 0.743. The molecule has 0 aliphatic carbocycles. The lowest BCUT2D eigenvalue weighted by Gasteiger charge is -2.09. The van der Waals surface area contributed by atoms with Gasteiger partial charge >= 0.3 is 0 Å². The van der Waals surface area contributed by atoms with Crippen LogP contribution in [0.15, 0.2) is 36.4 Å². The first-order valence-electron chi connectivity index (χ1n) is 6.05. The maximum Gasteiger partial charge on any atom is 0.205 e. The number of fused-ring (bicyclic) bond motifs is 1. The van der Waals surface area contributed by atoms with E-state index in [0.717, 1.165) is 16.6 Å². The molecule has 98 valence electrons. The van der Waals surface area contributed by atoms with Crippen molar-refractivity contribution in [1.29, 1.82) is 5.26 Å². The van der Waals surface area contributed by atoms with Crippen LogP contribution in [-0.4, -0.2) is 9.55 Å². The Morgan fingerprint density at radius 3 is 2.80 bits per heavy atom. The molecule has 0 saturated carbocycles. The fourth-order valence-corrected chi connectivity index (χ4v) is 2.41. The second-order valence-corrected chi connectivity index (χ2v) is 4.98. The lowest BCUT2D eigenvalue weighted by atomic mass is 10.2. The first kappa shape index (κ1) is 12.5. The van der Waals surface area contributed by atoms with E-state index in [9.17, 15) is 0 Å². The summed E-state index contributed by atoms with van der Waals surface area (Å²) in [6.07, 6.45) is 0. The molecule has 0 amide bonds. The minimum absolute atomic E-state index is 0.350. The third-order valence-electron chi connectivity index (χ3n) is 3.15. The van der Waals surface area contributed by atoms with Crippen LogP contribution in [0.3, 0.4) is 0 Å². The summed E-state index contributed by atoms with van der Waals surface area (Å²) in [6, 6.07) is 13.1. The molecule has 4 nitrogen and oxygen atoms in total. The van der Waals surface area contributed by atoms with E-state index in [4.69, 9.17) is 22.6 Å². The maximum absolute atomic E-state index is 9.03. The number of nitriles is 1. The number of hydrogen-bond acceptors (Lipinski definition) is 3. The summed E-state index contributed by atoms with van der Waals surface area (Å²) in [5.41, 5.74) is 9.97. The van der Waals surface area contributed by atoms with Gasteiger partial charge in [-0.15, -0.1) is 0 Å². The molecule has 5 heteroatoms. The van der Waals surface area contributed by atoms with Gasteiger partial charge in [0.05, 0.1) is 33.4 Å². The lowest BCUT2D eigenvalue weighted by molar-refractivity contribution is 1.11. The van der Waals surface area contributed by atoms with E-state index < -0.39 is 0 Å². The van der Waals surface area contributed by atoms with E-state index in [1.807, 2.05) is 25.1 Å². The van der Waals surface area contributed by atoms with Crippen LogP contribution in [0.25, 0.3) is 16.7 Å². The van der Waals surface area contributed by atoms with Crippen LogP contribution < -0.4 is 5.73 Å². The highest BCUT2D eigenvalue weighted by Crippen LogP contribution is 2.29. The van der Waals surface area contributed by atoms with Crippen LogP contribution >= 0.6 is 11.6 Å². The van der Waals surface area contributed by atoms with Gasteiger partial charge in [0.2, 0.25) is 5.95 Å². The molecule has 20 heavy (non-hydrogen) atoms. The zero-order valence-electron chi connectivity index (χ0n) is 10.8. The largest absolute Gasteiger partial charge is 0.369 e. The molecule has 0 aliphatic rings. The molecule has 0 aliphatic heterocycles. The van der Waals surface area contributed by atoms with E-state index >= 15 is 0 Å². The summed E-state index contributed by atoms with van der Waals surface area (Å²) in [6.45, 7) is 2.00. The second-order valence-electron chi connectivity index (χ2n) is 4.58. The summed E-state index contributed by atoms with van der Waals surface area (Å²) < 4.78 is 1.77. The van der Waals surface area contributed by atoms with Gasteiger partial charge in [-0.2, -0.15) is 5.26 Å². The smallest absolute Gasteiger partial charge is 0.205 e. The van der Waals surface area contributed by atoms with Gasteiger partial charge in [0.15, 0.2) is 0 Å². The predicted octanol–water partition coefficient (Wildman–Crippen LogP) is 3.44. The highest BCUT2D eigenvalue weighted by Gasteiger charge is 2.13. The number of halogens is 1. The minimum atomic E-state index is 0.350. The maximum atomic E-state index is 9.03. The monoisotopic (exact) mass is 282 g/mol. The van der Waals surface area contributed by atoms with Gasteiger partial charge in [0.1, 0.15) is 0 Å². The lowest BCUT2D eigenvalue weighted by Crippen LogP contribution is -2.01. The molecule has 0 radical (unpaired) electrons. The van der Waals surface area contributed by atoms with E-state index in [0.29, 0.717) is 22.2 Å². The fraction of sp³-hybridized carbons (Fsp3) is 0.0667. The first-order valence-corrected chi connectivity index (χ1v) is 6.42. The van der Waals surface area contributed by atoms with Crippen LogP contribution in [0.5, 0.6) is 0 Å². The summed E-state index contributed by atoms with van der Waals surface area (Å²) in [5.74, 6) is 0.350. The van der Waals surface area contributed by atoms with E-state index in [1.54, 1.807) is 22.8 Å². The molecule has 1 aromatic heterocycles. The third kappa shape index (κ3) is 1.89. The van der Waals surface area contributed by atoms with Crippen molar-refractivity contribution in [2.24, 2.45) is 0 Å². The Hall–Kier alpha value is -2.51.